The average Bonchev–Trinajstić information content (AvgIpc) is 3.08. The lowest BCUT2D eigenvalue weighted by Gasteiger charge is -2.21. The van der Waals surface area contributed by atoms with E-state index in [9.17, 15) is 14.0 Å². The Labute approximate surface area is 165 Å². The van der Waals surface area contributed by atoms with Gasteiger partial charge in [-0.05, 0) is 36.8 Å². The molecular formula is C20H19FN4O2S. The number of benzene rings is 2. The standard InChI is InChI=1S/C20H19FN4O2S/c21-15-4-2-1-3-12(15)10-18-20(27)23-16-9-13(5-6-17(16)28-18)19(26)24-25-8-7-14(22)11-25/h1-6,9-10,14H,7-8,11,22H2,(H,23,27)(H,24,26)/b18-10-. The summed E-state index contributed by atoms with van der Waals surface area (Å²) in [6, 6.07) is 11.5. The minimum absolute atomic E-state index is 0.0687. The quantitative estimate of drug-likeness (QED) is 0.692. The molecule has 1 atom stereocenters. The molecule has 28 heavy (non-hydrogen) atoms. The van der Waals surface area contributed by atoms with Crippen molar-refractivity contribution in [3.8, 4) is 0 Å². The molecule has 2 aromatic carbocycles. The van der Waals surface area contributed by atoms with Crippen molar-refractivity contribution in [2.45, 2.75) is 17.4 Å². The van der Waals surface area contributed by atoms with Crippen molar-refractivity contribution in [2.75, 3.05) is 18.4 Å². The molecule has 2 heterocycles. The van der Waals surface area contributed by atoms with Crippen LogP contribution in [0.1, 0.15) is 22.3 Å². The van der Waals surface area contributed by atoms with Gasteiger partial charge in [-0.3, -0.25) is 15.0 Å². The Hall–Kier alpha value is -2.68. The maximum absolute atomic E-state index is 13.9. The van der Waals surface area contributed by atoms with Gasteiger partial charge in [-0.2, -0.15) is 0 Å². The third-order valence-electron chi connectivity index (χ3n) is 4.61. The summed E-state index contributed by atoms with van der Waals surface area (Å²) in [6.07, 6.45) is 2.36. The number of halogens is 1. The highest BCUT2D eigenvalue weighted by molar-refractivity contribution is 8.04. The zero-order valence-corrected chi connectivity index (χ0v) is 15.8. The van der Waals surface area contributed by atoms with Gasteiger partial charge in [0, 0.05) is 35.2 Å². The number of carbonyl (C=O) groups excluding carboxylic acids is 2. The molecule has 6 nitrogen and oxygen atoms in total. The molecule has 4 rings (SSSR count). The van der Waals surface area contributed by atoms with Gasteiger partial charge < -0.3 is 11.1 Å². The first-order valence-corrected chi connectivity index (χ1v) is 9.72. The second kappa shape index (κ2) is 7.75. The highest BCUT2D eigenvalue weighted by atomic mass is 32.2. The number of nitrogens with two attached hydrogens (primary N) is 1. The Morgan fingerprint density at radius 1 is 1.32 bits per heavy atom. The van der Waals surface area contributed by atoms with E-state index in [1.54, 1.807) is 41.4 Å². The first-order valence-electron chi connectivity index (χ1n) is 8.90. The van der Waals surface area contributed by atoms with Gasteiger partial charge in [-0.15, -0.1) is 0 Å². The van der Waals surface area contributed by atoms with Crippen LogP contribution in [0.5, 0.6) is 0 Å². The lowest BCUT2D eigenvalue weighted by atomic mass is 10.1. The SMILES string of the molecule is NC1CCN(NC(=O)c2ccc3c(c2)NC(=O)/C(=C/c2ccccc2F)S3)C1. The topological polar surface area (TPSA) is 87.5 Å². The fourth-order valence-corrected chi connectivity index (χ4v) is 4.05. The normalized spacial score (nSPS) is 20.7. The van der Waals surface area contributed by atoms with Gasteiger partial charge in [-0.1, -0.05) is 30.0 Å². The van der Waals surface area contributed by atoms with Crippen LogP contribution in [-0.2, 0) is 4.79 Å². The van der Waals surface area contributed by atoms with Crippen molar-refractivity contribution in [1.82, 2.24) is 10.4 Å². The summed E-state index contributed by atoms with van der Waals surface area (Å²) in [6.45, 7) is 1.34. The average molecular weight is 398 g/mol. The molecule has 2 aliphatic rings. The molecule has 2 aliphatic heterocycles. The molecule has 1 fully saturated rings. The fraction of sp³-hybridized carbons (Fsp3) is 0.200. The van der Waals surface area contributed by atoms with Gasteiger partial charge in [0.05, 0.1) is 10.6 Å². The van der Waals surface area contributed by atoms with E-state index in [1.807, 2.05) is 0 Å². The number of hydrogen-bond donors (Lipinski definition) is 3. The third kappa shape index (κ3) is 3.94. The number of hydrogen-bond acceptors (Lipinski definition) is 5. The van der Waals surface area contributed by atoms with Crippen LogP contribution in [0.3, 0.4) is 0 Å². The van der Waals surface area contributed by atoms with Gasteiger partial charge in [-0.25, -0.2) is 9.40 Å². The maximum Gasteiger partial charge on any atom is 0.265 e. The number of nitrogens with one attached hydrogen (secondary N) is 2. The lowest BCUT2D eigenvalue weighted by molar-refractivity contribution is -0.112. The lowest BCUT2D eigenvalue weighted by Crippen LogP contribution is -2.41. The summed E-state index contributed by atoms with van der Waals surface area (Å²) in [5.74, 6) is -0.962. The number of nitrogens with zero attached hydrogens (tertiary/aromatic N) is 1. The van der Waals surface area contributed by atoms with Crippen molar-refractivity contribution in [1.29, 1.82) is 0 Å². The molecule has 144 valence electrons. The second-order valence-electron chi connectivity index (χ2n) is 6.73. The Morgan fingerprint density at radius 3 is 2.89 bits per heavy atom. The highest BCUT2D eigenvalue weighted by Crippen LogP contribution is 2.39. The van der Waals surface area contributed by atoms with Crippen LogP contribution in [0, 0.1) is 5.82 Å². The molecule has 0 aliphatic carbocycles. The zero-order chi connectivity index (χ0) is 19.7. The van der Waals surface area contributed by atoms with Crippen LogP contribution in [0.2, 0.25) is 0 Å². The van der Waals surface area contributed by atoms with Crippen molar-refractivity contribution in [2.24, 2.45) is 5.73 Å². The number of fused-ring (bicyclic) bond motifs is 1. The number of amides is 2. The number of carbonyl (C=O) groups is 2. The van der Waals surface area contributed by atoms with Gasteiger partial charge in [0.2, 0.25) is 0 Å². The Morgan fingerprint density at radius 2 is 2.14 bits per heavy atom. The Balaban J connectivity index is 1.52. The fourth-order valence-electron chi connectivity index (χ4n) is 3.13. The highest BCUT2D eigenvalue weighted by Gasteiger charge is 2.24. The summed E-state index contributed by atoms with van der Waals surface area (Å²) in [4.78, 5) is 26.1. The van der Waals surface area contributed by atoms with Crippen LogP contribution < -0.4 is 16.5 Å². The van der Waals surface area contributed by atoms with E-state index in [0.717, 1.165) is 11.3 Å². The van der Waals surface area contributed by atoms with Gasteiger partial charge in [0.1, 0.15) is 5.82 Å². The van der Waals surface area contributed by atoms with Crippen molar-refractivity contribution < 1.29 is 14.0 Å². The smallest absolute Gasteiger partial charge is 0.265 e. The van der Waals surface area contributed by atoms with E-state index in [1.165, 1.54) is 23.9 Å². The van der Waals surface area contributed by atoms with Crippen molar-refractivity contribution in [3.05, 3.63) is 64.3 Å². The van der Waals surface area contributed by atoms with Crippen molar-refractivity contribution in [3.63, 3.8) is 0 Å². The largest absolute Gasteiger partial charge is 0.326 e. The summed E-state index contributed by atoms with van der Waals surface area (Å²) in [7, 11) is 0. The third-order valence-corrected chi connectivity index (χ3v) is 5.71. The number of hydrazine groups is 1. The van der Waals surface area contributed by atoms with E-state index in [4.69, 9.17) is 5.73 Å². The molecule has 0 radical (unpaired) electrons. The van der Waals surface area contributed by atoms with Crippen LogP contribution in [0.15, 0.2) is 52.3 Å². The molecule has 4 N–H and O–H groups in total. The van der Waals surface area contributed by atoms with E-state index in [0.29, 0.717) is 34.8 Å². The zero-order valence-electron chi connectivity index (χ0n) is 14.9. The van der Waals surface area contributed by atoms with Crippen LogP contribution in [0.4, 0.5) is 10.1 Å². The molecule has 0 saturated carbocycles. The minimum Gasteiger partial charge on any atom is -0.326 e. The molecular weight excluding hydrogens is 379 g/mol. The van der Waals surface area contributed by atoms with Gasteiger partial charge >= 0.3 is 0 Å². The summed E-state index contributed by atoms with van der Waals surface area (Å²) >= 11 is 1.25. The molecule has 0 bridgehead atoms. The number of rotatable bonds is 3. The maximum atomic E-state index is 13.9. The predicted octanol–water partition coefficient (Wildman–Crippen LogP) is 2.59. The van der Waals surface area contributed by atoms with E-state index < -0.39 is 0 Å². The van der Waals surface area contributed by atoms with Crippen molar-refractivity contribution >= 4 is 35.3 Å². The van der Waals surface area contributed by atoms with Crippen LogP contribution in [0.25, 0.3) is 6.08 Å². The van der Waals surface area contributed by atoms with E-state index in [2.05, 4.69) is 10.7 Å². The van der Waals surface area contributed by atoms with E-state index in [-0.39, 0.29) is 23.7 Å². The van der Waals surface area contributed by atoms with Crippen LogP contribution in [-0.4, -0.2) is 36.0 Å². The first kappa shape index (κ1) is 18.7. The van der Waals surface area contributed by atoms with Gasteiger partial charge in [0.25, 0.3) is 11.8 Å². The van der Waals surface area contributed by atoms with Crippen LogP contribution >= 0.6 is 11.8 Å². The summed E-state index contributed by atoms with van der Waals surface area (Å²) < 4.78 is 13.9. The first-order chi connectivity index (χ1) is 13.5. The predicted molar refractivity (Wildman–Crippen MR) is 107 cm³/mol. The summed E-state index contributed by atoms with van der Waals surface area (Å²) in [5.41, 5.74) is 10.0. The minimum atomic E-state index is -0.386. The molecule has 2 aromatic rings. The molecule has 0 spiro atoms. The molecule has 1 unspecified atom stereocenters. The molecule has 2 amide bonds. The van der Waals surface area contributed by atoms with Gasteiger partial charge in [0.15, 0.2) is 0 Å². The monoisotopic (exact) mass is 398 g/mol. The Bertz CT molecular complexity index is 978. The molecule has 0 aromatic heterocycles. The number of thioether (sulfide) groups is 1. The number of anilines is 1. The van der Waals surface area contributed by atoms with E-state index >= 15 is 0 Å². The second-order valence-corrected chi connectivity index (χ2v) is 7.82. The molecule has 8 heteroatoms. The Kier molecular flexibility index (Phi) is 5.17. The summed E-state index contributed by atoms with van der Waals surface area (Å²) in [5, 5.41) is 4.58. The molecule has 1 saturated heterocycles.